The number of aromatic nitrogens is 1. The van der Waals surface area contributed by atoms with E-state index in [0.717, 1.165) is 26.1 Å². The SMILES string of the molecule is N#Cc1cnc2cc(OC3CCOC3)c(NC(=O)/C=C/CN3CCCCC3)cc2c1Nc1ccc(F)c(Cl)c1. The van der Waals surface area contributed by atoms with Gasteiger partial charge in [0.1, 0.15) is 23.7 Å². The molecule has 1 unspecified atom stereocenters. The molecule has 202 valence electrons. The molecular formula is C29H29ClFN5O3. The Morgan fingerprint density at radius 1 is 1.28 bits per heavy atom. The number of halogens is 2. The number of likely N-dealkylation sites (tertiary alicyclic amines) is 1. The lowest BCUT2D eigenvalue weighted by Gasteiger charge is -2.24. The Morgan fingerprint density at radius 2 is 2.13 bits per heavy atom. The highest BCUT2D eigenvalue weighted by Crippen LogP contribution is 2.37. The van der Waals surface area contributed by atoms with E-state index in [9.17, 15) is 14.4 Å². The number of benzene rings is 2. The average Bonchev–Trinajstić information content (AvgIpc) is 3.45. The van der Waals surface area contributed by atoms with Gasteiger partial charge in [-0.15, -0.1) is 0 Å². The van der Waals surface area contributed by atoms with Gasteiger partial charge in [0.15, 0.2) is 0 Å². The van der Waals surface area contributed by atoms with Crippen molar-refractivity contribution in [2.75, 3.05) is 43.5 Å². The van der Waals surface area contributed by atoms with Crippen LogP contribution in [0.25, 0.3) is 10.9 Å². The molecule has 39 heavy (non-hydrogen) atoms. The third kappa shape index (κ3) is 6.66. The first-order chi connectivity index (χ1) is 19.0. The summed E-state index contributed by atoms with van der Waals surface area (Å²) in [5, 5.41) is 16.4. The summed E-state index contributed by atoms with van der Waals surface area (Å²) < 4.78 is 25.4. The van der Waals surface area contributed by atoms with Crippen LogP contribution in [0.3, 0.4) is 0 Å². The van der Waals surface area contributed by atoms with Gasteiger partial charge < -0.3 is 20.1 Å². The van der Waals surface area contributed by atoms with Crippen LogP contribution in [0.2, 0.25) is 5.02 Å². The van der Waals surface area contributed by atoms with Crippen LogP contribution in [0.5, 0.6) is 5.75 Å². The zero-order chi connectivity index (χ0) is 27.2. The second-order valence-electron chi connectivity index (χ2n) is 9.63. The van der Waals surface area contributed by atoms with Crippen molar-refractivity contribution in [1.82, 2.24) is 9.88 Å². The molecule has 2 saturated heterocycles. The Labute approximate surface area is 231 Å². The topological polar surface area (TPSA) is 99.5 Å². The van der Waals surface area contributed by atoms with Gasteiger partial charge in [0.2, 0.25) is 5.91 Å². The highest BCUT2D eigenvalue weighted by atomic mass is 35.5. The van der Waals surface area contributed by atoms with Gasteiger partial charge >= 0.3 is 0 Å². The zero-order valence-electron chi connectivity index (χ0n) is 21.4. The summed E-state index contributed by atoms with van der Waals surface area (Å²) in [4.78, 5) is 19.7. The Bertz CT molecular complexity index is 1430. The van der Waals surface area contributed by atoms with E-state index in [-0.39, 0.29) is 22.6 Å². The molecule has 1 atom stereocenters. The van der Waals surface area contributed by atoms with Crippen LogP contribution in [0.1, 0.15) is 31.2 Å². The molecule has 0 saturated carbocycles. The Balaban J connectivity index is 1.47. The predicted molar refractivity (Wildman–Crippen MR) is 149 cm³/mol. The molecule has 2 aromatic carbocycles. The summed E-state index contributed by atoms with van der Waals surface area (Å²) in [6, 6.07) is 9.84. The minimum atomic E-state index is -0.543. The number of ether oxygens (including phenoxy) is 2. The van der Waals surface area contributed by atoms with Gasteiger partial charge in [0.05, 0.1) is 40.7 Å². The van der Waals surface area contributed by atoms with Crippen LogP contribution in [0.15, 0.2) is 48.7 Å². The van der Waals surface area contributed by atoms with Gasteiger partial charge in [0.25, 0.3) is 0 Å². The lowest BCUT2D eigenvalue weighted by molar-refractivity contribution is -0.111. The Hall–Kier alpha value is -3.71. The largest absolute Gasteiger partial charge is 0.486 e. The Morgan fingerprint density at radius 3 is 2.87 bits per heavy atom. The number of anilines is 3. The van der Waals surface area contributed by atoms with E-state index < -0.39 is 5.82 Å². The lowest BCUT2D eigenvalue weighted by Crippen LogP contribution is -2.29. The first-order valence-corrected chi connectivity index (χ1v) is 13.4. The number of rotatable bonds is 8. The summed E-state index contributed by atoms with van der Waals surface area (Å²) in [6.45, 7) is 3.87. The minimum Gasteiger partial charge on any atom is -0.486 e. The molecule has 1 aromatic heterocycles. The quantitative estimate of drug-likeness (QED) is 0.343. The number of carbonyl (C=O) groups excluding carboxylic acids is 1. The van der Waals surface area contributed by atoms with Crippen molar-refractivity contribution >= 4 is 45.5 Å². The van der Waals surface area contributed by atoms with Crippen molar-refractivity contribution in [2.24, 2.45) is 0 Å². The number of carbonyl (C=O) groups is 1. The van der Waals surface area contributed by atoms with Crippen LogP contribution < -0.4 is 15.4 Å². The van der Waals surface area contributed by atoms with Crippen molar-refractivity contribution in [3.05, 3.63) is 65.1 Å². The standard InChI is InChI=1S/C29H29ClFN5O3/c30-23-13-20(6-7-24(23)31)34-29-19(16-32)17-33-25-15-27(39-21-8-12-38-18-21)26(14-22(25)29)35-28(37)5-4-11-36-9-2-1-3-10-36/h4-7,13-15,17,21H,1-3,8-12,18H2,(H,33,34)(H,35,37)/b5-4+. The summed E-state index contributed by atoms with van der Waals surface area (Å²) >= 11 is 5.97. The van der Waals surface area contributed by atoms with Gasteiger partial charge in [0, 0.05) is 42.4 Å². The molecule has 8 nitrogen and oxygen atoms in total. The second kappa shape index (κ2) is 12.4. The van der Waals surface area contributed by atoms with Crippen LogP contribution in [-0.2, 0) is 9.53 Å². The summed E-state index contributed by atoms with van der Waals surface area (Å²) in [7, 11) is 0. The first kappa shape index (κ1) is 26.9. The van der Waals surface area contributed by atoms with Crippen LogP contribution in [-0.4, -0.2) is 54.7 Å². The highest BCUT2D eigenvalue weighted by molar-refractivity contribution is 6.31. The number of amides is 1. The number of pyridine rings is 1. The van der Waals surface area contributed by atoms with Crippen molar-refractivity contribution in [3.8, 4) is 11.8 Å². The first-order valence-electron chi connectivity index (χ1n) is 13.0. The van der Waals surface area contributed by atoms with Crippen LogP contribution in [0, 0.1) is 17.1 Å². The van der Waals surface area contributed by atoms with Gasteiger partial charge in [-0.1, -0.05) is 24.1 Å². The number of piperidine rings is 1. The zero-order valence-corrected chi connectivity index (χ0v) is 22.1. The maximum Gasteiger partial charge on any atom is 0.248 e. The van der Waals surface area contributed by atoms with Gasteiger partial charge in [-0.3, -0.25) is 14.7 Å². The number of nitriles is 1. The third-order valence-corrected chi connectivity index (χ3v) is 7.09. The van der Waals surface area contributed by atoms with Crippen molar-refractivity contribution < 1.29 is 18.7 Å². The van der Waals surface area contributed by atoms with Crippen molar-refractivity contribution in [2.45, 2.75) is 31.8 Å². The third-order valence-electron chi connectivity index (χ3n) is 6.80. The molecule has 0 aliphatic carbocycles. The number of hydrogen-bond donors (Lipinski definition) is 2. The molecule has 3 heterocycles. The molecule has 0 radical (unpaired) electrons. The predicted octanol–water partition coefficient (Wildman–Crippen LogP) is 5.79. The fourth-order valence-electron chi connectivity index (χ4n) is 4.76. The van der Waals surface area contributed by atoms with Crippen molar-refractivity contribution in [3.63, 3.8) is 0 Å². The van der Waals surface area contributed by atoms with E-state index in [1.165, 1.54) is 49.7 Å². The highest BCUT2D eigenvalue weighted by Gasteiger charge is 2.21. The Kier molecular flexibility index (Phi) is 8.57. The van der Waals surface area contributed by atoms with Gasteiger partial charge in [-0.05, 0) is 50.2 Å². The smallest absolute Gasteiger partial charge is 0.248 e. The molecule has 2 aliphatic heterocycles. The minimum absolute atomic E-state index is 0.0457. The van der Waals surface area contributed by atoms with Crippen molar-refractivity contribution in [1.29, 1.82) is 5.26 Å². The molecule has 2 N–H and O–H groups in total. The average molecular weight is 550 g/mol. The molecule has 5 rings (SSSR count). The van der Waals surface area contributed by atoms with E-state index in [4.69, 9.17) is 21.1 Å². The molecule has 0 spiro atoms. The maximum absolute atomic E-state index is 13.7. The molecule has 2 fully saturated rings. The van der Waals surface area contributed by atoms with E-state index >= 15 is 0 Å². The van der Waals surface area contributed by atoms with E-state index in [1.54, 1.807) is 12.1 Å². The fraction of sp³-hybridized carbons (Fsp3) is 0.345. The molecular weight excluding hydrogens is 521 g/mol. The maximum atomic E-state index is 13.7. The summed E-state index contributed by atoms with van der Waals surface area (Å²) in [5.41, 5.74) is 2.23. The lowest BCUT2D eigenvalue weighted by atomic mass is 10.1. The summed E-state index contributed by atoms with van der Waals surface area (Å²) in [5.74, 6) is -0.370. The van der Waals surface area contributed by atoms with E-state index in [1.807, 2.05) is 6.08 Å². The number of nitrogens with one attached hydrogen (secondary N) is 2. The van der Waals surface area contributed by atoms with Gasteiger partial charge in [-0.25, -0.2) is 4.39 Å². The second-order valence-corrected chi connectivity index (χ2v) is 10.0. The molecule has 1 amide bonds. The van der Waals surface area contributed by atoms with Gasteiger partial charge in [-0.2, -0.15) is 5.26 Å². The van der Waals surface area contributed by atoms with E-state index in [0.29, 0.717) is 46.9 Å². The number of fused-ring (bicyclic) bond motifs is 1. The summed E-state index contributed by atoms with van der Waals surface area (Å²) in [6.07, 6.45) is 9.07. The van der Waals surface area contributed by atoms with E-state index in [2.05, 4.69) is 26.6 Å². The molecule has 0 bridgehead atoms. The fourth-order valence-corrected chi connectivity index (χ4v) is 4.94. The molecule has 10 heteroatoms. The molecule has 2 aliphatic rings. The number of hydrogen-bond acceptors (Lipinski definition) is 7. The number of nitrogens with zero attached hydrogens (tertiary/aromatic N) is 3. The normalized spacial score (nSPS) is 17.8. The molecule has 3 aromatic rings. The van der Waals surface area contributed by atoms with Crippen LogP contribution in [0.4, 0.5) is 21.5 Å². The van der Waals surface area contributed by atoms with Crippen LogP contribution >= 0.6 is 11.6 Å². The monoisotopic (exact) mass is 549 g/mol.